The molecular weight excluding hydrogens is 314 g/mol. The molecule has 3 N–H and O–H groups in total. The Bertz CT molecular complexity index is 580. The molecule has 1 aliphatic rings. The van der Waals surface area contributed by atoms with Gasteiger partial charge in [-0.15, -0.1) is 0 Å². The van der Waals surface area contributed by atoms with E-state index < -0.39 is 5.41 Å². The van der Waals surface area contributed by atoms with Gasteiger partial charge in [-0.1, -0.05) is 51.1 Å². The van der Waals surface area contributed by atoms with E-state index in [9.17, 15) is 9.59 Å². The quantitative estimate of drug-likeness (QED) is 0.776. The van der Waals surface area contributed by atoms with E-state index >= 15 is 0 Å². The lowest BCUT2D eigenvalue weighted by Gasteiger charge is -2.19. The normalized spacial score (nSPS) is 20.6. The highest BCUT2D eigenvalue weighted by molar-refractivity contribution is 5.81. The first-order valence-electron chi connectivity index (χ1n) is 9.14. The van der Waals surface area contributed by atoms with Gasteiger partial charge in [0.05, 0.1) is 0 Å². The second kappa shape index (κ2) is 8.48. The van der Waals surface area contributed by atoms with E-state index in [1.54, 1.807) is 0 Å². The van der Waals surface area contributed by atoms with Crippen LogP contribution in [0.1, 0.15) is 45.1 Å². The summed E-state index contributed by atoms with van der Waals surface area (Å²) < 4.78 is 0. The van der Waals surface area contributed by atoms with Gasteiger partial charge in [-0.3, -0.25) is 9.59 Å². The molecule has 0 radical (unpaired) electrons. The van der Waals surface area contributed by atoms with Crippen LogP contribution in [0.3, 0.4) is 0 Å². The molecule has 0 aliphatic carbocycles. The number of likely N-dealkylation sites (tertiary alicyclic amines) is 1. The van der Waals surface area contributed by atoms with Gasteiger partial charge < -0.3 is 16.0 Å². The predicted octanol–water partition coefficient (Wildman–Crippen LogP) is 2.13. The van der Waals surface area contributed by atoms with Crippen LogP contribution >= 0.6 is 0 Å². The van der Waals surface area contributed by atoms with E-state index in [-0.39, 0.29) is 11.8 Å². The maximum absolute atomic E-state index is 12.5. The van der Waals surface area contributed by atoms with Gasteiger partial charge in [-0.2, -0.15) is 0 Å². The lowest BCUT2D eigenvalue weighted by molar-refractivity contribution is -0.131. The summed E-state index contributed by atoms with van der Waals surface area (Å²) in [6, 6.07) is 10.3. The molecule has 5 heteroatoms. The predicted molar refractivity (Wildman–Crippen MR) is 100 cm³/mol. The number of nitrogens with two attached hydrogens (primary N) is 1. The first-order valence-corrected chi connectivity index (χ1v) is 9.14. The molecule has 0 unspecified atom stereocenters. The van der Waals surface area contributed by atoms with Crippen molar-refractivity contribution in [3.05, 3.63) is 35.9 Å². The van der Waals surface area contributed by atoms with Crippen LogP contribution in [0.25, 0.3) is 0 Å². The van der Waals surface area contributed by atoms with Crippen LogP contribution in [-0.2, 0) is 9.59 Å². The third-order valence-electron chi connectivity index (χ3n) is 4.86. The Balaban J connectivity index is 1.82. The minimum Gasteiger partial charge on any atom is -0.356 e. The third kappa shape index (κ3) is 5.30. The van der Waals surface area contributed by atoms with Gasteiger partial charge in [0.25, 0.3) is 0 Å². The zero-order valence-corrected chi connectivity index (χ0v) is 15.6. The van der Waals surface area contributed by atoms with Crippen molar-refractivity contribution >= 4 is 11.8 Å². The summed E-state index contributed by atoms with van der Waals surface area (Å²) in [6.07, 6.45) is 1.13. The van der Waals surface area contributed by atoms with Gasteiger partial charge in [0.15, 0.2) is 0 Å². The van der Waals surface area contributed by atoms with Gasteiger partial charge >= 0.3 is 0 Å². The molecule has 2 rings (SSSR count). The molecule has 1 aromatic carbocycles. The van der Waals surface area contributed by atoms with Crippen molar-refractivity contribution in [3.63, 3.8) is 0 Å². The molecule has 1 saturated heterocycles. The average molecular weight is 345 g/mol. The fourth-order valence-corrected chi connectivity index (χ4v) is 3.26. The first-order chi connectivity index (χ1) is 11.8. The van der Waals surface area contributed by atoms with Crippen molar-refractivity contribution in [2.24, 2.45) is 17.1 Å². The number of nitrogens with zero attached hydrogens (tertiary/aromatic N) is 1. The number of carbonyl (C=O) groups excluding carboxylic acids is 2. The number of hydrogen-bond donors (Lipinski definition) is 2. The van der Waals surface area contributed by atoms with E-state index in [0.717, 1.165) is 13.1 Å². The smallest absolute Gasteiger partial charge is 0.225 e. The van der Waals surface area contributed by atoms with Crippen molar-refractivity contribution in [1.29, 1.82) is 0 Å². The van der Waals surface area contributed by atoms with Crippen molar-refractivity contribution in [2.75, 3.05) is 26.2 Å². The molecule has 0 spiro atoms. The highest BCUT2D eigenvalue weighted by atomic mass is 16.2. The molecule has 5 nitrogen and oxygen atoms in total. The largest absolute Gasteiger partial charge is 0.356 e. The zero-order chi connectivity index (χ0) is 18.4. The molecule has 1 aliphatic heterocycles. The van der Waals surface area contributed by atoms with Gasteiger partial charge in [-0.05, 0) is 24.4 Å². The SMILES string of the molecule is CC(C)(C)C(=O)NCCCC(=O)N1C[C@@H](CN)[C@H](c2ccccc2)C1. The molecule has 1 aromatic rings. The fourth-order valence-electron chi connectivity index (χ4n) is 3.26. The van der Waals surface area contributed by atoms with Gasteiger partial charge in [0.1, 0.15) is 0 Å². The van der Waals surface area contributed by atoms with Gasteiger partial charge in [-0.25, -0.2) is 0 Å². The lowest BCUT2D eigenvalue weighted by Crippen LogP contribution is -2.36. The van der Waals surface area contributed by atoms with Gasteiger partial charge in [0, 0.05) is 37.4 Å². The second-order valence-corrected chi connectivity index (χ2v) is 7.92. The molecule has 2 amide bonds. The maximum atomic E-state index is 12.5. The van der Waals surface area contributed by atoms with Crippen LogP contribution in [0, 0.1) is 11.3 Å². The Labute approximate surface area is 151 Å². The summed E-state index contributed by atoms with van der Waals surface area (Å²) in [5.41, 5.74) is 6.80. The van der Waals surface area contributed by atoms with Crippen LogP contribution in [0.15, 0.2) is 30.3 Å². The van der Waals surface area contributed by atoms with Crippen LogP contribution < -0.4 is 11.1 Å². The molecule has 1 fully saturated rings. The Morgan fingerprint density at radius 3 is 2.48 bits per heavy atom. The van der Waals surface area contributed by atoms with Crippen molar-refractivity contribution in [1.82, 2.24) is 10.2 Å². The number of benzene rings is 1. The van der Waals surface area contributed by atoms with E-state index in [0.29, 0.717) is 37.8 Å². The van der Waals surface area contributed by atoms with Crippen LogP contribution in [0.2, 0.25) is 0 Å². The fraction of sp³-hybridized carbons (Fsp3) is 0.600. The van der Waals surface area contributed by atoms with Crippen molar-refractivity contribution in [3.8, 4) is 0 Å². The second-order valence-electron chi connectivity index (χ2n) is 7.92. The molecule has 0 bridgehead atoms. The monoisotopic (exact) mass is 345 g/mol. The molecule has 138 valence electrons. The number of nitrogens with one attached hydrogen (secondary N) is 1. The molecule has 1 heterocycles. The Hall–Kier alpha value is -1.88. The minimum atomic E-state index is -0.393. The molecular formula is C20H31N3O2. The highest BCUT2D eigenvalue weighted by Crippen LogP contribution is 2.32. The molecule has 25 heavy (non-hydrogen) atoms. The lowest BCUT2D eigenvalue weighted by atomic mass is 9.89. The summed E-state index contributed by atoms with van der Waals surface area (Å²) in [7, 11) is 0. The van der Waals surface area contributed by atoms with Crippen LogP contribution in [-0.4, -0.2) is 42.9 Å². The summed E-state index contributed by atoms with van der Waals surface area (Å²) >= 11 is 0. The van der Waals surface area contributed by atoms with E-state index in [2.05, 4.69) is 17.4 Å². The molecule has 0 saturated carbocycles. The average Bonchev–Trinajstić information content (AvgIpc) is 3.02. The summed E-state index contributed by atoms with van der Waals surface area (Å²) in [6.45, 7) is 8.24. The molecule has 2 atom stereocenters. The van der Waals surface area contributed by atoms with Crippen LogP contribution in [0.5, 0.6) is 0 Å². The number of rotatable bonds is 6. The van der Waals surface area contributed by atoms with Crippen molar-refractivity contribution < 1.29 is 9.59 Å². The van der Waals surface area contributed by atoms with E-state index in [1.807, 2.05) is 43.9 Å². The van der Waals surface area contributed by atoms with E-state index in [1.165, 1.54) is 5.56 Å². The van der Waals surface area contributed by atoms with E-state index in [4.69, 9.17) is 5.73 Å². The summed E-state index contributed by atoms with van der Waals surface area (Å²) in [4.78, 5) is 26.3. The minimum absolute atomic E-state index is 0.0217. The summed E-state index contributed by atoms with van der Waals surface area (Å²) in [5, 5.41) is 2.89. The number of amides is 2. The zero-order valence-electron chi connectivity index (χ0n) is 15.6. The standard InChI is InChI=1S/C20H31N3O2/c1-20(2,3)19(25)22-11-7-10-18(24)23-13-16(12-21)17(14-23)15-8-5-4-6-9-15/h4-6,8-9,16-17H,7,10-14,21H2,1-3H3,(H,22,25)/t16-,17+/m1/s1. The summed E-state index contributed by atoms with van der Waals surface area (Å²) in [5.74, 6) is 0.804. The Morgan fingerprint density at radius 2 is 1.88 bits per heavy atom. The Kier molecular flexibility index (Phi) is 6.59. The topological polar surface area (TPSA) is 75.4 Å². The highest BCUT2D eigenvalue weighted by Gasteiger charge is 2.34. The Morgan fingerprint density at radius 1 is 1.20 bits per heavy atom. The number of carbonyl (C=O) groups is 2. The first kappa shape index (κ1) is 19.4. The molecule has 0 aromatic heterocycles. The van der Waals surface area contributed by atoms with Gasteiger partial charge in [0.2, 0.25) is 11.8 Å². The maximum Gasteiger partial charge on any atom is 0.225 e. The number of hydrogen-bond acceptors (Lipinski definition) is 3. The van der Waals surface area contributed by atoms with Crippen molar-refractivity contribution in [2.45, 2.75) is 39.5 Å². The third-order valence-corrected chi connectivity index (χ3v) is 4.86. The van der Waals surface area contributed by atoms with Crippen LogP contribution in [0.4, 0.5) is 0 Å².